The van der Waals surface area contributed by atoms with Gasteiger partial charge in [-0.3, -0.25) is 0 Å². The van der Waals surface area contributed by atoms with Gasteiger partial charge in [0.05, 0.1) is 11.4 Å². The average molecular weight is 353 g/mol. The molecule has 1 atom stereocenters. The fourth-order valence-corrected chi connectivity index (χ4v) is 2.40. The summed E-state index contributed by atoms with van der Waals surface area (Å²) in [7, 11) is 0. The van der Waals surface area contributed by atoms with Crippen LogP contribution in [0.1, 0.15) is 20.8 Å². The van der Waals surface area contributed by atoms with Crippen LogP contribution in [0.3, 0.4) is 0 Å². The Morgan fingerprint density at radius 3 is 2.62 bits per heavy atom. The second-order valence-electron chi connectivity index (χ2n) is 5.78. The normalized spacial score (nSPS) is 12.0. The summed E-state index contributed by atoms with van der Waals surface area (Å²) < 4.78 is 5.43. The van der Waals surface area contributed by atoms with Crippen LogP contribution < -0.4 is 4.90 Å². The predicted molar refractivity (Wildman–Crippen MR) is 102 cm³/mol. The van der Waals surface area contributed by atoms with E-state index in [9.17, 15) is 9.90 Å². The molecule has 0 heterocycles. The second kappa shape index (κ2) is 8.80. The molecule has 0 aromatic heterocycles. The smallest absolute Gasteiger partial charge is 0.335 e. The quantitative estimate of drug-likeness (QED) is 0.325. The Hall–Kier alpha value is -3.15. The van der Waals surface area contributed by atoms with E-state index in [0.717, 1.165) is 5.69 Å². The van der Waals surface area contributed by atoms with Gasteiger partial charge in [0.25, 0.3) is 0 Å². The lowest BCUT2D eigenvalue weighted by atomic mass is 10.2. The molecule has 0 bridgehead atoms. The maximum atomic E-state index is 11.8. The summed E-state index contributed by atoms with van der Waals surface area (Å²) in [6, 6.07) is 14.0. The molecule has 0 aliphatic carbocycles. The molecule has 0 spiro atoms. The lowest BCUT2D eigenvalue weighted by Gasteiger charge is -2.30. The van der Waals surface area contributed by atoms with Gasteiger partial charge in [0.2, 0.25) is 0 Å². The summed E-state index contributed by atoms with van der Waals surface area (Å²) in [4.78, 5) is 13.7. The first kappa shape index (κ1) is 19.2. The van der Waals surface area contributed by atoms with E-state index in [1.54, 1.807) is 32.0 Å². The topological polar surface area (TPSA) is 74.5 Å². The number of carbonyl (C=O) groups excluding carboxylic acids is 1. The van der Waals surface area contributed by atoms with Crippen molar-refractivity contribution in [1.29, 1.82) is 0 Å². The van der Waals surface area contributed by atoms with Crippen LogP contribution in [0.15, 0.2) is 70.9 Å². The molecule has 0 aliphatic rings. The van der Waals surface area contributed by atoms with Gasteiger partial charge in [-0.15, -0.1) is 5.11 Å². The van der Waals surface area contributed by atoms with Gasteiger partial charge in [-0.2, -0.15) is 5.11 Å². The molecule has 2 rings (SSSR count). The van der Waals surface area contributed by atoms with Crippen LogP contribution >= 0.6 is 0 Å². The number of carbonyl (C=O) groups is 1. The van der Waals surface area contributed by atoms with Crippen molar-refractivity contribution in [2.24, 2.45) is 10.2 Å². The summed E-state index contributed by atoms with van der Waals surface area (Å²) in [5.41, 5.74) is 2.33. The van der Waals surface area contributed by atoms with E-state index >= 15 is 0 Å². The van der Waals surface area contributed by atoms with Crippen molar-refractivity contribution in [2.75, 3.05) is 11.4 Å². The van der Waals surface area contributed by atoms with E-state index in [4.69, 9.17) is 4.74 Å². The predicted octanol–water partition coefficient (Wildman–Crippen LogP) is 5.10. The van der Waals surface area contributed by atoms with Crippen molar-refractivity contribution in [1.82, 2.24) is 0 Å². The highest BCUT2D eigenvalue weighted by Gasteiger charge is 2.19. The third kappa shape index (κ3) is 4.92. The van der Waals surface area contributed by atoms with E-state index in [-0.39, 0.29) is 5.75 Å². The molecule has 26 heavy (non-hydrogen) atoms. The molecule has 0 radical (unpaired) electrons. The van der Waals surface area contributed by atoms with Crippen LogP contribution in [0.4, 0.5) is 17.1 Å². The molecular weight excluding hydrogens is 330 g/mol. The van der Waals surface area contributed by atoms with E-state index in [2.05, 4.69) is 16.8 Å². The Balaban J connectivity index is 2.28. The van der Waals surface area contributed by atoms with Gasteiger partial charge in [0.1, 0.15) is 11.4 Å². The largest absolute Gasteiger partial charge is 0.508 e. The van der Waals surface area contributed by atoms with Crippen LogP contribution in [0.5, 0.6) is 5.75 Å². The molecular formula is C20H23N3O3. The van der Waals surface area contributed by atoms with E-state index in [1.807, 2.05) is 36.1 Å². The minimum Gasteiger partial charge on any atom is -0.508 e. The average Bonchev–Trinajstić information content (AvgIpc) is 2.61. The lowest BCUT2D eigenvalue weighted by molar-refractivity contribution is -0.143. The molecule has 1 N–H and O–H groups in total. The SMILES string of the molecule is C=C(C)C(=O)OC(C)N(CC)c1ccccc1N=Nc1cccc(O)c1. The molecule has 2 aromatic carbocycles. The lowest BCUT2D eigenvalue weighted by Crippen LogP contribution is -2.36. The number of nitrogens with zero attached hydrogens (tertiary/aromatic N) is 3. The van der Waals surface area contributed by atoms with Crippen molar-refractivity contribution in [3.63, 3.8) is 0 Å². The highest BCUT2D eigenvalue weighted by atomic mass is 16.6. The highest BCUT2D eigenvalue weighted by Crippen LogP contribution is 2.32. The fraction of sp³-hybridized carbons (Fsp3) is 0.250. The Labute approximate surface area is 153 Å². The van der Waals surface area contributed by atoms with Crippen molar-refractivity contribution in [2.45, 2.75) is 27.0 Å². The first-order valence-corrected chi connectivity index (χ1v) is 8.35. The Kier molecular flexibility index (Phi) is 6.49. The van der Waals surface area contributed by atoms with E-state index in [1.165, 1.54) is 6.07 Å². The maximum absolute atomic E-state index is 11.8. The van der Waals surface area contributed by atoms with Crippen LogP contribution in [-0.4, -0.2) is 23.8 Å². The minimum absolute atomic E-state index is 0.130. The minimum atomic E-state index is -0.485. The highest BCUT2D eigenvalue weighted by molar-refractivity contribution is 5.87. The summed E-state index contributed by atoms with van der Waals surface area (Å²) in [5, 5.41) is 18.0. The van der Waals surface area contributed by atoms with Gasteiger partial charge >= 0.3 is 5.97 Å². The summed E-state index contributed by atoms with van der Waals surface area (Å²) >= 11 is 0. The molecule has 0 amide bonds. The molecule has 0 fully saturated rings. The van der Waals surface area contributed by atoms with E-state index < -0.39 is 12.2 Å². The Morgan fingerprint density at radius 1 is 1.23 bits per heavy atom. The zero-order chi connectivity index (χ0) is 19.1. The number of hydrogen-bond acceptors (Lipinski definition) is 6. The number of phenols is 1. The standard InChI is InChI=1S/C20H23N3O3/c1-5-23(15(4)26-20(25)14(2)3)19-12-7-6-11-18(19)22-21-16-9-8-10-17(24)13-16/h6-13,15,24H,2,5H2,1,3-4H3. The van der Waals surface area contributed by atoms with Gasteiger partial charge in [0.15, 0.2) is 6.23 Å². The first-order valence-electron chi connectivity index (χ1n) is 8.35. The van der Waals surface area contributed by atoms with Crippen LogP contribution in [0.2, 0.25) is 0 Å². The number of benzene rings is 2. The molecule has 0 saturated carbocycles. The molecule has 6 nitrogen and oxygen atoms in total. The zero-order valence-corrected chi connectivity index (χ0v) is 15.2. The van der Waals surface area contributed by atoms with Gasteiger partial charge in [-0.25, -0.2) is 4.79 Å². The third-order valence-electron chi connectivity index (χ3n) is 3.70. The zero-order valence-electron chi connectivity index (χ0n) is 15.2. The van der Waals surface area contributed by atoms with Crippen molar-refractivity contribution < 1.29 is 14.6 Å². The molecule has 136 valence electrons. The number of rotatable bonds is 7. The van der Waals surface area contributed by atoms with Crippen molar-refractivity contribution >= 4 is 23.0 Å². The van der Waals surface area contributed by atoms with Crippen LogP contribution in [0.25, 0.3) is 0 Å². The second-order valence-corrected chi connectivity index (χ2v) is 5.78. The molecule has 6 heteroatoms. The van der Waals surface area contributed by atoms with Gasteiger partial charge in [-0.1, -0.05) is 24.8 Å². The van der Waals surface area contributed by atoms with Crippen molar-refractivity contribution in [3.8, 4) is 5.75 Å². The third-order valence-corrected chi connectivity index (χ3v) is 3.70. The van der Waals surface area contributed by atoms with Crippen LogP contribution in [-0.2, 0) is 9.53 Å². The summed E-state index contributed by atoms with van der Waals surface area (Å²) in [6.07, 6.45) is -0.485. The van der Waals surface area contributed by atoms with Gasteiger partial charge < -0.3 is 14.7 Å². The number of phenolic OH excluding ortho intramolecular Hbond substituents is 1. The monoisotopic (exact) mass is 353 g/mol. The van der Waals surface area contributed by atoms with Crippen LogP contribution in [0, 0.1) is 0 Å². The summed E-state index contributed by atoms with van der Waals surface area (Å²) in [5.74, 6) is -0.305. The number of esters is 1. The first-order chi connectivity index (χ1) is 12.4. The van der Waals surface area contributed by atoms with E-state index in [0.29, 0.717) is 23.5 Å². The van der Waals surface area contributed by atoms with Gasteiger partial charge in [0, 0.05) is 18.2 Å². The number of hydrogen-bond donors (Lipinski definition) is 1. The maximum Gasteiger partial charge on any atom is 0.335 e. The number of ether oxygens (including phenoxy) is 1. The molecule has 0 aliphatic heterocycles. The Morgan fingerprint density at radius 2 is 1.96 bits per heavy atom. The molecule has 1 unspecified atom stereocenters. The Bertz CT molecular complexity index is 817. The molecule has 2 aromatic rings. The number of para-hydroxylation sites is 1. The number of aromatic hydroxyl groups is 1. The molecule has 0 saturated heterocycles. The number of azo groups is 1. The number of anilines is 1. The van der Waals surface area contributed by atoms with Gasteiger partial charge in [-0.05, 0) is 45.0 Å². The summed E-state index contributed by atoms with van der Waals surface area (Å²) in [6.45, 7) is 9.60. The van der Waals surface area contributed by atoms with Crippen molar-refractivity contribution in [3.05, 3.63) is 60.7 Å². The fourth-order valence-electron chi connectivity index (χ4n) is 2.40.